The van der Waals surface area contributed by atoms with E-state index in [0.717, 1.165) is 11.3 Å². The Hall–Kier alpha value is -2.25. The molecule has 5 nitrogen and oxygen atoms in total. The van der Waals surface area contributed by atoms with E-state index in [4.69, 9.17) is 4.74 Å². The van der Waals surface area contributed by atoms with Gasteiger partial charge in [0.05, 0.1) is 6.61 Å². The second kappa shape index (κ2) is 8.91. The zero-order valence-corrected chi connectivity index (χ0v) is 15.8. The molecule has 26 heavy (non-hydrogen) atoms. The molecule has 0 spiro atoms. The van der Waals surface area contributed by atoms with Crippen molar-refractivity contribution in [3.63, 3.8) is 0 Å². The first-order valence-corrected chi connectivity index (χ1v) is 9.14. The van der Waals surface area contributed by atoms with E-state index in [9.17, 15) is 19.1 Å². The minimum absolute atomic E-state index is 0.188. The third kappa shape index (κ3) is 4.89. The first-order valence-electron chi connectivity index (χ1n) is 8.32. The normalized spacial score (nSPS) is 12.0. The minimum atomic E-state index is -1.01. The Morgan fingerprint density at radius 3 is 2.65 bits per heavy atom. The smallest absolute Gasteiger partial charge is 0.345 e. The number of amides is 1. The number of ether oxygens (including phenoxy) is 1. The summed E-state index contributed by atoms with van der Waals surface area (Å²) in [6, 6.07) is 5.41. The van der Waals surface area contributed by atoms with Gasteiger partial charge in [0.15, 0.2) is 0 Å². The molecule has 0 aliphatic rings. The van der Waals surface area contributed by atoms with Gasteiger partial charge in [0, 0.05) is 23.6 Å². The van der Waals surface area contributed by atoms with Crippen molar-refractivity contribution in [2.24, 2.45) is 0 Å². The molecule has 1 atom stereocenters. The lowest BCUT2D eigenvalue weighted by Crippen LogP contribution is -2.35. The Kier molecular flexibility index (Phi) is 6.88. The van der Waals surface area contributed by atoms with Gasteiger partial charge in [-0.15, -0.1) is 11.3 Å². The first kappa shape index (κ1) is 20.1. The molecule has 2 N–H and O–H groups in total. The molecule has 0 radical (unpaired) electrons. The van der Waals surface area contributed by atoms with Gasteiger partial charge in [-0.25, -0.2) is 9.18 Å². The van der Waals surface area contributed by atoms with Crippen molar-refractivity contribution >= 4 is 23.2 Å². The number of carbonyl (C=O) groups is 2. The number of carboxylic acids is 1. The number of nitrogens with one attached hydrogen (secondary N) is 1. The largest absolute Gasteiger partial charge is 0.477 e. The van der Waals surface area contributed by atoms with Gasteiger partial charge >= 0.3 is 5.97 Å². The number of aryl methyl sites for hydroxylation is 1. The van der Waals surface area contributed by atoms with Crippen LogP contribution in [0.15, 0.2) is 24.3 Å². The fourth-order valence-electron chi connectivity index (χ4n) is 2.67. The average Bonchev–Trinajstić information content (AvgIpc) is 2.99. The number of thiophene rings is 1. The molecule has 1 heterocycles. The number of carbonyl (C=O) groups excluding carboxylic acids is 1. The standard InChI is InChI=1S/C19H22FNO4S/c1-4-5-16-15(9-17(26-16)19(23)24)12-6-13(8-14(20)7-12)18(22)21-11(2)10-25-3/h6-9,11H,4-5,10H2,1-3H3,(H,21,22)(H,23,24). The van der Waals surface area contributed by atoms with Crippen molar-refractivity contribution < 1.29 is 23.8 Å². The number of methoxy groups -OCH3 is 1. The van der Waals surface area contributed by atoms with Crippen LogP contribution >= 0.6 is 11.3 Å². The second-order valence-corrected chi connectivity index (χ2v) is 7.20. The lowest BCUT2D eigenvalue weighted by molar-refractivity contribution is 0.0701. The van der Waals surface area contributed by atoms with E-state index >= 15 is 0 Å². The number of aromatic carboxylic acids is 1. The van der Waals surface area contributed by atoms with Crippen LogP contribution in [-0.2, 0) is 11.2 Å². The first-order chi connectivity index (χ1) is 12.3. The molecule has 7 heteroatoms. The summed E-state index contributed by atoms with van der Waals surface area (Å²) in [7, 11) is 1.54. The lowest BCUT2D eigenvalue weighted by Gasteiger charge is -2.13. The van der Waals surface area contributed by atoms with Crippen LogP contribution in [0.4, 0.5) is 4.39 Å². The zero-order chi connectivity index (χ0) is 19.3. The Balaban J connectivity index is 2.40. The Morgan fingerprint density at radius 2 is 2.04 bits per heavy atom. The van der Waals surface area contributed by atoms with Gasteiger partial charge < -0.3 is 15.2 Å². The number of benzene rings is 1. The summed E-state index contributed by atoms with van der Waals surface area (Å²) in [4.78, 5) is 24.7. The molecule has 0 fully saturated rings. The van der Waals surface area contributed by atoms with Crippen LogP contribution in [0.2, 0.25) is 0 Å². The Bertz CT molecular complexity index is 803. The van der Waals surface area contributed by atoms with Gasteiger partial charge in [-0.1, -0.05) is 13.3 Å². The summed E-state index contributed by atoms with van der Waals surface area (Å²) < 4.78 is 19.1. The lowest BCUT2D eigenvalue weighted by atomic mass is 10.0. The molecule has 0 saturated heterocycles. The number of rotatable bonds is 8. The Labute approximate surface area is 155 Å². The highest BCUT2D eigenvalue weighted by Crippen LogP contribution is 2.33. The molecule has 1 aromatic heterocycles. The van der Waals surface area contributed by atoms with Gasteiger partial charge in [-0.3, -0.25) is 4.79 Å². The van der Waals surface area contributed by atoms with E-state index in [-0.39, 0.29) is 16.5 Å². The van der Waals surface area contributed by atoms with Crippen molar-refractivity contribution in [3.05, 3.63) is 45.4 Å². The van der Waals surface area contributed by atoms with E-state index in [2.05, 4.69) is 5.32 Å². The summed E-state index contributed by atoms with van der Waals surface area (Å²) in [5.74, 6) is -1.96. The van der Waals surface area contributed by atoms with Crippen LogP contribution in [0.25, 0.3) is 11.1 Å². The van der Waals surface area contributed by atoms with Crippen LogP contribution in [0.3, 0.4) is 0 Å². The number of carboxylic acid groups (broad SMARTS) is 1. The highest BCUT2D eigenvalue weighted by atomic mass is 32.1. The summed E-state index contributed by atoms with van der Waals surface area (Å²) in [6.45, 7) is 4.13. The van der Waals surface area contributed by atoms with Gasteiger partial charge in [-0.05, 0) is 48.7 Å². The second-order valence-electron chi connectivity index (χ2n) is 6.06. The Morgan fingerprint density at radius 1 is 1.31 bits per heavy atom. The van der Waals surface area contributed by atoms with Gasteiger partial charge in [0.1, 0.15) is 10.7 Å². The molecule has 1 aromatic carbocycles. The summed E-state index contributed by atoms with van der Waals surface area (Å²) in [6.07, 6.45) is 1.53. The van der Waals surface area contributed by atoms with E-state index in [1.165, 1.54) is 30.6 Å². The molecule has 2 rings (SSSR count). The topological polar surface area (TPSA) is 75.6 Å². The van der Waals surface area contributed by atoms with Crippen LogP contribution in [-0.4, -0.2) is 36.7 Å². The third-order valence-corrected chi connectivity index (χ3v) is 4.94. The molecule has 140 valence electrons. The molecular weight excluding hydrogens is 357 g/mol. The molecule has 1 unspecified atom stereocenters. The molecule has 1 amide bonds. The summed E-state index contributed by atoms with van der Waals surface area (Å²) in [5, 5.41) is 12.0. The molecule has 0 aliphatic heterocycles. The fraction of sp³-hybridized carbons (Fsp3) is 0.368. The van der Waals surface area contributed by atoms with Crippen molar-refractivity contribution in [1.29, 1.82) is 0 Å². The molecule has 0 bridgehead atoms. The number of hydrogen-bond acceptors (Lipinski definition) is 4. The van der Waals surface area contributed by atoms with E-state index in [0.29, 0.717) is 24.2 Å². The number of halogens is 1. The minimum Gasteiger partial charge on any atom is -0.477 e. The third-order valence-electron chi connectivity index (χ3n) is 3.76. The van der Waals surface area contributed by atoms with E-state index in [1.807, 2.05) is 6.92 Å². The van der Waals surface area contributed by atoms with Crippen molar-refractivity contribution in [1.82, 2.24) is 5.32 Å². The quantitative estimate of drug-likeness (QED) is 0.728. The van der Waals surface area contributed by atoms with Gasteiger partial charge in [0.2, 0.25) is 0 Å². The van der Waals surface area contributed by atoms with Crippen LogP contribution < -0.4 is 5.32 Å². The highest BCUT2D eigenvalue weighted by molar-refractivity contribution is 7.14. The van der Waals surface area contributed by atoms with Crippen molar-refractivity contribution in [3.8, 4) is 11.1 Å². The maximum atomic E-state index is 14.1. The van der Waals surface area contributed by atoms with E-state index < -0.39 is 17.7 Å². The molecule has 0 saturated carbocycles. The average molecular weight is 379 g/mol. The van der Waals surface area contributed by atoms with Gasteiger partial charge in [0.25, 0.3) is 5.91 Å². The van der Waals surface area contributed by atoms with Crippen LogP contribution in [0.1, 0.15) is 45.2 Å². The van der Waals surface area contributed by atoms with Crippen LogP contribution in [0, 0.1) is 5.82 Å². The van der Waals surface area contributed by atoms with Gasteiger partial charge in [-0.2, -0.15) is 0 Å². The SMILES string of the molecule is CCCc1sc(C(=O)O)cc1-c1cc(F)cc(C(=O)NC(C)COC)c1. The maximum absolute atomic E-state index is 14.1. The van der Waals surface area contributed by atoms with Crippen molar-refractivity contribution in [2.45, 2.75) is 32.7 Å². The molecular formula is C19H22FNO4S. The predicted octanol–water partition coefficient (Wildman–Crippen LogP) is 3.97. The molecule has 2 aromatic rings. The fourth-order valence-corrected chi connectivity index (χ4v) is 3.79. The monoisotopic (exact) mass is 379 g/mol. The predicted molar refractivity (Wildman–Crippen MR) is 99.5 cm³/mol. The molecule has 0 aliphatic carbocycles. The van der Waals surface area contributed by atoms with Crippen molar-refractivity contribution in [2.75, 3.05) is 13.7 Å². The van der Waals surface area contributed by atoms with Crippen LogP contribution in [0.5, 0.6) is 0 Å². The van der Waals surface area contributed by atoms with E-state index in [1.54, 1.807) is 19.1 Å². The number of hydrogen-bond donors (Lipinski definition) is 2. The highest BCUT2D eigenvalue weighted by Gasteiger charge is 2.18. The summed E-state index contributed by atoms with van der Waals surface area (Å²) >= 11 is 1.19. The maximum Gasteiger partial charge on any atom is 0.345 e. The summed E-state index contributed by atoms with van der Waals surface area (Å²) in [5.41, 5.74) is 1.35. The zero-order valence-electron chi connectivity index (χ0n) is 15.0.